The Morgan fingerprint density at radius 3 is 2.39 bits per heavy atom. The fourth-order valence-corrected chi connectivity index (χ4v) is 3.36. The van der Waals surface area contributed by atoms with Crippen LogP contribution in [0.2, 0.25) is 10.0 Å². The zero-order valence-corrected chi connectivity index (χ0v) is 16.8. The van der Waals surface area contributed by atoms with Gasteiger partial charge in [0.05, 0.1) is 36.9 Å². The van der Waals surface area contributed by atoms with Crippen LogP contribution in [0.25, 0.3) is 6.08 Å². The number of carbonyl (C=O) groups is 2. The molecule has 2 N–H and O–H groups in total. The van der Waals surface area contributed by atoms with E-state index in [0.717, 1.165) is 23.6 Å². The predicted molar refractivity (Wildman–Crippen MR) is 113 cm³/mol. The number of quaternary nitrogens is 1. The van der Waals surface area contributed by atoms with Crippen LogP contribution in [0.3, 0.4) is 0 Å². The van der Waals surface area contributed by atoms with E-state index in [1.165, 1.54) is 0 Å². The summed E-state index contributed by atoms with van der Waals surface area (Å²) in [6.45, 7) is 3.07. The van der Waals surface area contributed by atoms with E-state index >= 15 is 0 Å². The number of nitrogens with zero attached hydrogens (tertiary/aromatic N) is 1. The second-order valence-electron chi connectivity index (χ2n) is 6.66. The summed E-state index contributed by atoms with van der Waals surface area (Å²) in [6.07, 6.45) is 3.37. The number of halogens is 2. The maximum absolute atomic E-state index is 12.4. The first-order valence-electron chi connectivity index (χ1n) is 9.12. The lowest BCUT2D eigenvalue weighted by molar-refractivity contribution is -0.895. The molecule has 1 aliphatic heterocycles. The number of anilines is 1. The maximum Gasteiger partial charge on any atom is 0.279 e. The van der Waals surface area contributed by atoms with Gasteiger partial charge in [0.15, 0.2) is 6.54 Å². The van der Waals surface area contributed by atoms with Gasteiger partial charge in [-0.1, -0.05) is 47.5 Å². The summed E-state index contributed by atoms with van der Waals surface area (Å²) in [4.78, 5) is 27.6. The minimum absolute atomic E-state index is 0.0190. The number of nitrogens with one attached hydrogen (secondary N) is 2. The van der Waals surface area contributed by atoms with Crippen LogP contribution in [-0.2, 0) is 9.59 Å². The van der Waals surface area contributed by atoms with E-state index in [-0.39, 0.29) is 11.8 Å². The second kappa shape index (κ2) is 9.73. The Labute approximate surface area is 174 Å². The highest BCUT2D eigenvalue weighted by atomic mass is 35.5. The highest BCUT2D eigenvalue weighted by molar-refractivity contribution is 6.33. The summed E-state index contributed by atoms with van der Waals surface area (Å²) in [5, 5.41) is 4.03. The molecule has 0 atom stereocenters. The highest BCUT2D eigenvalue weighted by Crippen LogP contribution is 2.19. The van der Waals surface area contributed by atoms with E-state index in [0.29, 0.717) is 35.4 Å². The molecule has 28 heavy (non-hydrogen) atoms. The fourth-order valence-electron chi connectivity index (χ4n) is 3.05. The van der Waals surface area contributed by atoms with Crippen LogP contribution in [0.5, 0.6) is 0 Å². The van der Waals surface area contributed by atoms with Crippen molar-refractivity contribution in [3.63, 3.8) is 0 Å². The number of carbonyl (C=O) groups excluding carboxylic acids is 2. The van der Waals surface area contributed by atoms with Crippen LogP contribution in [0.4, 0.5) is 5.69 Å². The van der Waals surface area contributed by atoms with Gasteiger partial charge in [0, 0.05) is 11.1 Å². The summed E-state index contributed by atoms with van der Waals surface area (Å²) < 4.78 is 0. The lowest BCUT2D eigenvalue weighted by Gasteiger charge is -2.31. The normalized spacial score (nSPS) is 15.0. The molecule has 2 aromatic rings. The first-order chi connectivity index (χ1) is 13.5. The van der Waals surface area contributed by atoms with Gasteiger partial charge in [0.1, 0.15) is 0 Å². The SMILES string of the molecule is O=C(C[NH+]1CCN(C(=O)/C=C/c2ccc(Cl)cc2)CC1)Nc1ccccc1Cl. The smallest absolute Gasteiger partial charge is 0.279 e. The van der Waals surface area contributed by atoms with Crippen LogP contribution < -0.4 is 10.2 Å². The van der Waals surface area contributed by atoms with Crippen LogP contribution in [0.15, 0.2) is 54.6 Å². The predicted octanol–water partition coefficient (Wildman–Crippen LogP) is 2.37. The molecule has 0 radical (unpaired) electrons. The van der Waals surface area contributed by atoms with Crippen molar-refractivity contribution in [3.05, 3.63) is 70.2 Å². The van der Waals surface area contributed by atoms with Crippen molar-refractivity contribution in [2.24, 2.45) is 0 Å². The molecule has 1 saturated heterocycles. The Bertz CT molecular complexity index is 860. The van der Waals surface area contributed by atoms with Crippen molar-refractivity contribution < 1.29 is 14.5 Å². The Hall–Kier alpha value is -2.34. The van der Waals surface area contributed by atoms with Gasteiger partial charge in [-0.25, -0.2) is 0 Å². The highest BCUT2D eigenvalue weighted by Gasteiger charge is 2.24. The van der Waals surface area contributed by atoms with Gasteiger partial charge in [-0.15, -0.1) is 0 Å². The molecule has 0 aliphatic carbocycles. The number of benzene rings is 2. The molecule has 0 bridgehead atoms. The zero-order chi connectivity index (χ0) is 19.9. The number of piperazine rings is 1. The lowest BCUT2D eigenvalue weighted by atomic mass is 10.2. The third-order valence-electron chi connectivity index (χ3n) is 4.63. The molecule has 2 aromatic carbocycles. The summed E-state index contributed by atoms with van der Waals surface area (Å²) in [5.41, 5.74) is 1.55. The van der Waals surface area contributed by atoms with Gasteiger partial charge in [-0.2, -0.15) is 0 Å². The molecular formula is C21H22Cl2N3O2+. The minimum Gasteiger partial charge on any atom is -0.328 e. The van der Waals surface area contributed by atoms with Crippen molar-refractivity contribution in [1.82, 2.24) is 4.90 Å². The van der Waals surface area contributed by atoms with Crippen LogP contribution in [0, 0.1) is 0 Å². The van der Waals surface area contributed by atoms with Crippen molar-refractivity contribution in [1.29, 1.82) is 0 Å². The van der Waals surface area contributed by atoms with Gasteiger partial charge in [-0.3, -0.25) is 9.59 Å². The quantitative estimate of drug-likeness (QED) is 0.732. The fraction of sp³-hybridized carbons (Fsp3) is 0.238. The molecule has 1 fully saturated rings. The van der Waals surface area contributed by atoms with E-state index < -0.39 is 0 Å². The summed E-state index contributed by atoms with van der Waals surface area (Å²) in [7, 11) is 0. The monoisotopic (exact) mass is 418 g/mol. The molecule has 0 aromatic heterocycles. The Balaban J connectivity index is 1.44. The zero-order valence-electron chi connectivity index (χ0n) is 15.3. The van der Waals surface area contributed by atoms with Crippen molar-refractivity contribution in [2.45, 2.75) is 0 Å². The van der Waals surface area contributed by atoms with Crippen molar-refractivity contribution in [3.8, 4) is 0 Å². The molecule has 5 nitrogen and oxygen atoms in total. The van der Waals surface area contributed by atoms with E-state index in [1.54, 1.807) is 36.4 Å². The second-order valence-corrected chi connectivity index (χ2v) is 7.51. The first-order valence-corrected chi connectivity index (χ1v) is 9.87. The van der Waals surface area contributed by atoms with Crippen molar-refractivity contribution in [2.75, 3.05) is 38.0 Å². The Morgan fingerprint density at radius 2 is 1.71 bits per heavy atom. The topological polar surface area (TPSA) is 53.9 Å². The van der Waals surface area contributed by atoms with E-state index in [4.69, 9.17) is 23.2 Å². The molecule has 1 aliphatic rings. The van der Waals surface area contributed by atoms with Gasteiger partial charge in [0.25, 0.3) is 5.91 Å². The number of para-hydroxylation sites is 1. The molecule has 3 rings (SSSR count). The third-order valence-corrected chi connectivity index (χ3v) is 5.21. The molecule has 2 amide bonds. The van der Waals surface area contributed by atoms with Gasteiger partial charge in [-0.05, 0) is 35.9 Å². The van der Waals surface area contributed by atoms with Gasteiger partial charge >= 0.3 is 0 Å². The maximum atomic E-state index is 12.4. The van der Waals surface area contributed by atoms with Crippen molar-refractivity contribution >= 4 is 46.8 Å². The molecule has 0 unspecified atom stereocenters. The van der Waals surface area contributed by atoms with E-state index in [1.807, 2.05) is 29.2 Å². The standard InChI is InChI=1S/C21H21Cl2N3O2/c22-17-8-5-16(6-9-17)7-10-21(28)26-13-11-25(12-14-26)15-20(27)24-19-4-2-1-3-18(19)23/h1-10H,11-15H2,(H,24,27)/p+1/b10-7+. The van der Waals surface area contributed by atoms with Gasteiger partial charge in [0.2, 0.25) is 5.91 Å². The number of rotatable bonds is 5. The number of hydrogen-bond donors (Lipinski definition) is 2. The van der Waals surface area contributed by atoms with Gasteiger partial charge < -0.3 is 15.1 Å². The first kappa shape index (κ1) is 20.4. The summed E-state index contributed by atoms with van der Waals surface area (Å²) in [5.74, 6) is -0.0972. The van der Waals surface area contributed by atoms with E-state index in [9.17, 15) is 9.59 Å². The van der Waals surface area contributed by atoms with Crippen LogP contribution in [0.1, 0.15) is 5.56 Å². The Morgan fingerprint density at radius 1 is 1.04 bits per heavy atom. The minimum atomic E-state index is -0.0782. The number of hydrogen-bond acceptors (Lipinski definition) is 2. The van der Waals surface area contributed by atoms with Crippen LogP contribution >= 0.6 is 23.2 Å². The number of amides is 2. The molecule has 146 valence electrons. The average Bonchev–Trinajstić information content (AvgIpc) is 2.69. The molecular weight excluding hydrogens is 397 g/mol. The molecule has 0 spiro atoms. The third kappa shape index (κ3) is 5.83. The lowest BCUT2D eigenvalue weighted by Crippen LogP contribution is -3.15. The largest absolute Gasteiger partial charge is 0.328 e. The van der Waals surface area contributed by atoms with Crippen LogP contribution in [-0.4, -0.2) is 49.4 Å². The molecule has 0 saturated carbocycles. The Kier molecular flexibility index (Phi) is 7.09. The summed E-state index contributed by atoms with van der Waals surface area (Å²) in [6, 6.07) is 14.5. The van der Waals surface area contributed by atoms with E-state index in [2.05, 4.69) is 5.32 Å². The summed E-state index contributed by atoms with van der Waals surface area (Å²) >= 11 is 11.9. The molecule has 7 heteroatoms. The molecule has 1 heterocycles. The average molecular weight is 419 g/mol.